The first kappa shape index (κ1) is 67.8. The van der Waals surface area contributed by atoms with Gasteiger partial charge in [-0.3, -0.25) is 14.4 Å². The molecule has 0 bridgehead atoms. The van der Waals surface area contributed by atoms with Crippen molar-refractivity contribution in [3.63, 3.8) is 0 Å². The predicted octanol–water partition coefficient (Wildman–Crippen LogP) is 20.0. The lowest BCUT2D eigenvalue weighted by molar-refractivity contribution is -0.167. The van der Waals surface area contributed by atoms with Gasteiger partial charge >= 0.3 is 17.9 Å². The second-order valence-corrected chi connectivity index (χ2v) is 19.3. The van der Waals surface area contributed by atoms with Crippen LogP contribution in [0.25, 0.3) is 0 Å². The smallest absolute Gasteiger partial charge is 0.306 e. The third-order valence-corrected chi connectivity index (χ3v) is 12.3. The van der Waals surface area contributed by atoms with Crippen molar-refractivity contribution >= 4 is 17.9 Å². The Balaban J connectivity index is 4.51. The van der Waals surface area contributed by atoms with Gasteiger partial charge in [0.15, 0.2) is 6.10 Å². The van der Waals surface area contributed by atoms with E-state index in [1.54, 1.807) is 0 Å². The Morgan fingerprint density at radius 1 is 0.306 bits per heavy atom. The average molecular weight is 998 g/mol. The first-order valence-corrected chi connectivity index (χ1v) is 29.6. The Morgan fingerprint density at radius 2 is 0.625 bits per heavy atom. The monoisotopic (exact) mass is 997 g/mol. The minimum absolute atomic E-state index is 0.100. The molecule has 408 valence electrons. The third kappa shape index (κ3) is 56.7. The molecule has 0 aliphatic rings. The van der Waals surface area contributed by atoms with E-state index in [1.165, 1.54) is 96.3 Å². The highest BCUT2D eigenvalue weighted by molar-refractivity contribution is 5.71. The van der Waals surface area contributed by atoms with E-state index in [0.717, 1.165) is 122 Å². The van der Waals surface area contributed by atoms with E-state index in [0.29, 0.717) is 12.8 Å². The summed E-state index contributed by atoms with van der Waals surface area (Å²) >= 11 is 0. The lowest BCUT2D eigenvalue weighted by Crippen LogP contribution is -2.30. The fourth-order valence-corrected chi connectivity index (χ4v) is 7.91. The van der Waals surface area contributed by atoms with Crippen LogP contribution in [0.4, 0.5) is 0 Å². The van der Waals surface area contributed by atoms with Gasteiger partial charge in [0.05, 0.1) is 0 Å². The van der Waals surface area contributed by atoms with Gasteiger partial charge in [-0.05, 0) is 83.5 Å². The topological polar surface area (TPSA) is 78.9 Å². The standard InChI is InChI=1S/C66H108O6/c1-4-7-10-13-16-19-22-25-28-31-33-36-38-41-44-47-50-53-56-59-65(68)71-62-63(61-70-64(67)58-55-52-49-46-43-40-37-34-30-27-24-21-18-15-12-9-6-3)72-66(69)60-57-54-51-48-45-42-39-35-32-29-26-23-20-17-14-11-8-5-2/h7,10-11,14,16-17,19-20,23,25-26,28-29,32-33,35-36,39,41,44,63H,4-6,8-9,12-13,15,18,21-22,24,27,30-31,34,37-38,40,42-43,45-62H2,1-3H3/b10-7-,14-11-,19-16-,20-17-,26-23-,28-25-,32-29-,36-33-,39-35-,44-41-. The molecule has 0 aliphatic carbocycles. The number of unbranched alkanes of at least 4 members (excludes halogenated alkanes) is 25. The number of hydrogen-bond donors (Lipinski definition) is 0. The normalized spacial score (nSPS) is 13.0. The first-order chi connectivity index (χ1) is 35.5. The van der Waals surface area contributed by atoms with Crippen molar-refractivity contribution in [3.05, 3.63) is 122 Å². The summed E-state index contributed by atoms with van der Waals surface area (Å²) in [5.74, 6) is -0.956. The van der Waals surface area contributed by atoms with E-state index in [4.69, 9.17) is 14.2 Å². The number of carbonyl (C=O) groups excluding carboxylic acids is 3. The van der Waals surface area contributed by atoms with Gasteiger partial charge in [0.2, 0.25) is 0 Å². The SMILES string of the molecule is CC/C=C\C/C=C\C/C=C\C/C=C\C/C=C\CCCCCC(=O)OCC(COC(=O)CCCCCCCCCCCCCCCCCCC)OC(=O)CCCCCCC\C=C/C=C\C=C/C=C\C=C/CCC. The molecule has 0 radical (unpaired) electrons. The van der Waals surface area contributed by atoms with Crippen LogP contribution in [0.1, 0.15) is 258 Å². The van der Waals surface area contributed by atoms with Crippen LogP contribution < -0.4 is 0 Å². The quantitative estimate of drug-likeness (QED) is 0.0199. The second kappa shape index (κ2) is 59.4. The Labute approximate surface area is 443 Å². The molecule has 1 unspecified atom stereocenters. The van der Waals surface area contributed by atoms with Gasteiger partial charge in [0.1, 0.15) is 13.2 Å². The number of esters is 3. The summed E-state index contributed by atoms with van der Waals surface area (Å²) in [6.45, 7) is 6.40. The highest BCUT2D eigenvalue weighted by Gasteiger charge is 2.19. The molecule has 0 heterocycles. The average Bonchev–Trinajstić information content (AvgIpc) is 3.38. The highest BCUT2D eigenvalue weighted by Crippen LogP contribution is 2.16. The van der Waals surface area contributed by atoms with Crippen LogP contribution in [-0.2, 0) is 28.6 Å². The van der Waals surface area contributed by atoms with Gasteiger partial charge in [-0.25, -0.2) is 0 Å². The van der Waals surface area contributed by atoms with Crippen molar-refractivity contribution in [2.75, 3.05) is 13.2 Å². The largest absolute Gasteiger partial charge is 0.462 e. The molecule has 0 aromatic rings. The predicted molar refractivity (Wildman–Crippen MR) is 311 cm³/mol. The van der Waals surface area contributed by atoms with Gasteiger partial charge in [-0.2, -0.15) is 0 Å². The zero-order valence-corrected chi connectivity index (χ0v) is 46.7. The molecular weight excluding hydrogens is 889 g/mol. The molecule has 0 aliphatic heterocycles. The van der Waals surface area contributed by atoms with Crippen LogP contribution in [0.2, 0.25) is 0 Å². The summed E-state index contributed by atoms with van der Waals surface area (Å²) in [6.07, 6.45) is 81.8. The van der Waals surface area contributed by atoms with Crippen molar-refractivity contribution < 1.29 is 28.6 Å². The Bertz CT molecular complexity index is 1520. The number of hydrogen-bond acceptors (Lipinski definition) is 6. The van der Waals surface area contributed by atoms with E-state index in [1.807, 2.05) is 24.3 Å². The summed E-state index contributed by atoms with van der Waals surface area (Å²) in [5.41, 5.74) is 0. The van der Waals surface area contributed by atoms with Crippen LogP contribution in [0.15, 0.2) is 122 Å². The fraction of sp³-hybridized carbons (Fsp3) is 0.652. The maximum atomic E-state index is 12.9. The van der Waals surface area contributed by atoms with Crippen molar-refractivity contribution in [2.24, 2.45) is 0 Å². The van der Waals surface area contributed by atoms with Gasteiger partial charge in [-0.15, -0.1) is 0 Å². The minimum atomic E-state index is -0.809. The molecule has 0 aromatic heterocycles. The summed E-state index contributed by atoms with van der Waals surface area (Å²) in [5, 5.41) is 0. The Morgan fingerprint density at radius 3 is 1.04 bits per heavy atom. The number of carbonyl (C=O) groups is 3. The van der Waals surface area contributed by atoms with Crippen molar-refractivity contribution in [2.45, 2.75) is 264 Å². The van der Waals surface area contributed by atoms with Crippen LogP contribution in [0.5, 0.6) is 0 Å². The number of allylic oxidation sites excluding steroid dienone is 20. The van der Waals surface area contributed by atoms with E-state index < -0.39 is 6.10 Å². The van der Waals surface area contributed by atoms with Crippen LogP contribution in [0, 0.1) is 0 Å². The molecule has 72 heavy (non-hydrogen) atoms. The Hall–Kier alpha value is -4.19. The zero-order chi connectivity index (χ0) is 52.2. The molecule has 0 fully saturated rings. The molecule has 6 nitrogen and oxygen atoms in total. The maximum absolute atomic E-state index is 12.9. The fourth-order valence-electron chi connectivity index (χ4n) is 7.91. The highest BCUT2D eigenvalue weighted by atomic mass is 16.6. The molecule has 0 spiro atoms. The number of ether oxygens (including phenoxy) is 3. The molecule has 0 N–H and O–H groups in total. The maximum Gasteiger partial charge on any atom is 0.306 e. The number of rotatable bonds is 52. The third-order valence-electron chi connectivity index (χ3n) is 12.3. The van der Waals surface area contributed by atoms with Gasteiger partial charge < -0.3 is 14.2 Å². The van der Waals surface area contributed by atoms with Crippen molar-refractivity contribution in [1.82, 2.24) is 0 Å². The molecule has 0 amide bonds. The molecular formula is C66H108O6. The van der Waals surface area contributed by atoms with Gasteiger partial charge in [-0.1, -0.05) is 277 Å². The van der Waals surface area contributed by atoms with Crippen LogP contribution in [0.3, 0.4) is 0 Å². The van der Waals surface area contributed by atoms with Crippen molar-refractivity contribution in [3.8, 4) is 0 Å². The minimum Gasteiger partial charge on any atom is -0.462 e. The summed E-state index contributed by atoms with van der Waals surface area (Å²) in [7, 11) is 0. The first-order valence-electron chi connectivity index (χ1n) is 29.6. The summed E-state index contributed by atoms with van der Waals surface area (Å²) in [4.78, 5) is 38.2. The summed E-state index contributed by atoms with van der Waals surface area (Å²) < 4.78 is 16.9. The molecule has 1 atom stereocenters. The van der Waals surface area contributed by atoms with Crippen LogP contribution in [-0.4, -0.2) is 37.2 Å². The Kier molecular flexibility index (Phi) is 55.9. The lowest BCUT2D eigenvalue weighted by atomic mass is 10.0. The molecule has 0 aromatic carbocycles. The summed E-state index contributed by atoms with van der Waals surface area (Å²) in [6, 6.07) is 0. The van der Waals surface area contributed by atoms with E-state index in [-0.39, 0.29) is 37.5 Å². The zero-order valence-electron chi connectivity index (χ0n) is 46.7. The van der Waals surface area contributed by atoms with E-state index >= 15 is 0 Å². The molecule has 0 saturated heterocycles. The molecule has 6 heteroatoms. The van der Waals surface area contributed by atoms with Crippen LogP contribution >= 0.6 is 0 Å². The van der Waals surface area contributed by atoms with E-state index in [2.05, 4.69) is 118 Å². The molecule has 0 saturated carbocycles. The van der Waals surface area contributed by atoms with E-state index in [9.17, 15) is 14.4 Å². The second-order valence-electron chi connectivity index (χ2n) is 19.3. The van der Waals surface area contributed by atoms with Gasteiger partial charge in [0, 0.05) is 19.3 Å². The molecule has 0 rings (SSSR count). The lowest BCUT2D eigenvalue weighted by Gasteiger charge is -2.18. The van der Waals surface area contributed by atoms with Gasteiger partial charge in [0.25, 0.3) is 0 Å². The van der Waals surface area contributed by atoms with Crippen molar-refractivity contribution in [1.29, 1.82) is 0 Å².